The van der Waals surface area contributed by atoms with E-state index in [4.69, 9.17) is 27.6 Å². The standard InChI is InChI=1S/C24H17Cl2N5OS/c25-18-11-12-19(20(26)13-18)22-28-30-24(31(22)14-16-7-3-1-4-8-16)33-15-21-27-29-23(32-21)17-9-5-2-6-10-17/h1-13H,14-15H2. The van der Waals surface area contributed by atoms with Gasteiger partial charge in [-0.1, -0.05) is 83.5 Å². The Morgan fingerprint density at radius 1 is 0.818 bits per heavy atom. The molecule has 0 radical (unpaired) electrons. The number of aromatic nitrogens is 5. The minimum atomic E-state index is 0.459. The van der Waals surface area contributed by atoms with Crippen molar-refractivity contribution >= 4 is 35.0 Å². The Morgan fingerprint density at radius 3 is 2.33 bits per heavy atom. The van der Waals surface area contributed by atoms with Gasteiger partial charge in [0.1, 0.15) is 0 Å². The Hall–Kier alpha value is -3.13. The van der Waals surface area contributed by atoms with Gasteiger partial charge < -0.3 is 4.42 Å². The van der Waals surface area contributed by atoms with Crippen molar-refractivity contribution in [1.82, 2.24) is 25.0 Å². The average Bonchev–Trinajstić information content (AvgIpc) is 3.46. The van der Waals surface area contributed by atoms with Crippen LogP contribution in [0.15, 0.2) is 88.4 Å². The van der Waals surface area contributed by atoms with Crippen LogP contribution in [-0.2, 0) is 12.3 Å². The lowest BCUT2D eigenvalue weighted by molar-refractivity contribution is 0.528. The second-order valence-corrected chi connectivity index (χ2v) is 8.94. The van der Waals surface area contributed by atoms with E-state index in [0.29, 0.717) is 39.9 Å². The van der Waals surface area contributed by atoms with Crippen LogP contribution in [-0.4, -0.2) is 25.0 Å². The molecule has 5 aromatic rings. The van der Waals surface area contributed by atoms with Gasteiger partial charge in [0.2, 0.25) is 11.8 Å². The summed E-state index contributed by atoms with van der Waals surface area (Å²) < 4.78 is 7.87. The molecule has 0 fully saturated rings. The molecular weight excluding hydrogens is 477 g/mol. The van der Waals surface area contributed by atoms with Crippen LogP contribution in [0.2, 0.25) is 10.0 Å². The summed E-state index contributed by atoms with van der Waals surface area (Å²) in [5.41, 5.74) is 2.77. The fourth-order valence-electron chi connectivity index (χ4n) is 3.31. The fraction of sp³-hybridized carbons (Fsp3) is 0.0833. The van der Waals surface area contributed by atoms with Gasteiger partial charge in [0.25, 0.3) is 0 Å². The van der Waals surface area contributed by atoms with Gasteiger partial charge in [-0.15, -0.1) is 20.4 Å². The van der Waals surface area contributed by atoms with Crippen molar-refractivity contribution in [2.75, 3.05) is 0 Å². The second-order valence-electron chi connectivity index (χ2n) is 7.16. The molecule has 0 spiro atoms. The number of halogens is 2. The Kier molecular flexibility index (Phi) is 6.44. The summed E-state index contributed by atoms with van der Waals surface area (Å²) in [6.45, 7) is 0.587. The van der Waals surface area contributed by atoms with Gasteiger partial charge in [-0.25, -0.2) is 0 Å². The number of nitrogens with zero attached hydrogens (tertiary/aromatic N) is 5. The van der Waals surface area contributed by atoms with E-state index in [1.807, 2.05) is 59.2 Å². The maximum Gasteiger partial charge on any atom is 0.247 e. The largest absolute Gasteiger partial charge is 0.420 e. The van der Waals surface area contributed by atoms with Gasteiger partial charge in [-0.05, 0) is 35.9 Å². The predicted molar refractivity (Wildman–Crippen MR) is 130 cm³/mol. The zero-order valence-corrected chi connectivity index (χ0v) is 19.6. The smallest absolute Gasteiger partial charge is 0.247 e. The fourth-order valence-corrected chi connectivity index (χ4v) is 4.58. The first-order valence-corrected chi connectivity index (χ1v) is 11.8. The molecular formula is C24H17Cl2N5OS. The molecule has 9 heteroatoms. The molecule has 5 rings (SSSR count). The van der Waals surface area contributed by atoms with Crippen molar-refractivity contribution in [2.24, 2.45) is 0 Å². The van der Waals surface area contributed by atoms with E-state index in [1.54, 1.807) is 12.1 Å². The highest BCUT2D eigenvalue weighted by Gasteiger charge is 2.18. The van der Waals surface area contributed by atoms with Gasteiger partial charge >= 0.3 is 0 Å². The zero-order chi connectivity index (χ0) is 22.6. The highest BCUT2D eigenvalue weighted by molar-refractivity contribution is 7.98. The first-order chi connectivity index (χ1) is 16.2. The summed E-state index contributed by atoms with van der Waals surface area (Å²) >= 11 is 14.0. The van der Waals surface area contributed by atoms with Crippen molar-refractivity contribution in [1.29, 1.82) is 0 Å². The van der Waals surface area contributed by atoms with Crippen LogP contribution in [0.5, 0.6) is 0 Å². The van der Waals surface area contributed by atoms with E-state index in [9.17, 15) is 0 Å². The van der Waals surface area contributed by atoms with E-state index in [2.05, 4.69) is 32.5 Å². The lowest BCUT2D eigenvalue weighted by atomic mass is 10.2. The van der Waals surface area contributed by atoms with Crippen LogP contribution in [0, 0.1) is 0 Å². The molecule has 33 heavy (non-hydrogen) atoms. The lowest BCUT2D eigenvalue weighted by Crippen LogP contribution is -2.04. The monoisotopic (exact) mass is 493 g/mol. The van der Waals surface area contributed by atoms with E-state index in [1.165, 1.54) is 11.8 Å². The van der Waals surface area contributed by atoms with E-state index >= 15 is 0 Å². The van der Waals surface area contributed by atoms with E-state index < -0.39 is 0 Å². The number of thioether (sulfide) groups is 1. The first-order valence-electron chi connectivity index (χ1n) is 10.1. The molecule has 0 atom stereocenters. The third kappa shape index (κ3) is 4.95. The van der Waals surface area contributed by atoms with Crippen LogP contribution in [0.3, 0.4) is 0 Å². The highest BCUT2D eigenvalue weighted by atomic mass is 35.5. The molecule has 0 aliphatic carbocycles. The van der Waals surface area contributed by atoms with Gasteiger partial charge in [-0.2, -0.15) is 0 Å². The number of hydrogen-bond acceptors (Lipinski definition) is 6. The van der Waals surface area contributed by atoms with E-state index in [0.717, 1.165) is 21.8 Å². The van der Waals surface area contributed by atoms with Crippen LogP contribution in [0.1, 0.15) is 11.5 Å². The summed E-state index contributed by atoms with van der Waals surface area (Å²) in [6, 6.07) is 25.2. The van der Waals surface area contributed by atoms with Crippen LogP contribution < -0.4 is 0 Å². The van der Waals surface area contributed by atoms with Crippen molar-refractivity contribution in [2.45, 2.75) is 17.5 Å². The SMILES string of the molecule is Clc1ccc(-c2nnc(SCc3nnc(-c4ccccc4)o3)n2Cc2ccccc2)c(Cl)c1. The Morgan fingerprint density at radius 2 is 1.58 bits per heavy atom. The average molecular weight is 494 g/mol. The number of benzene rings is 3. The molecule has 0 bridgehead atoms. The topological polar surface area (TPSA) is 69.6 Å². The Labute approximate surface area is 204 Å². The first kappa shape index (κ1) is 21.7. The Bertz CT molecular complexity index is 1370. The lowest BCUT2D eigenvalue weighted by Gasteiger charge is -2.11. The van der Waals surface area contributed by atoms with Crippen LogP contribution in [0.4, 0.5) is 0 Å². The van der Waals surface area contributed by atoms with E-state index in [-0.39, 0.29) is 0 Å². The summed E-state index contributed by atoms with van der Waals surface area (Å²) in [4.78, 5) is 0. The zero-order valence-electron chi connectivity index (χ0n) is 17.2. The molecule has 164 valence electrons. The minimum Gasteiger partial charge on any atom is -0.420 e. The van der Waals surface area contributed by atoms with Crippen LogP contribution in [0.25, 0.3) is 22.8 Å². The highest BCUT2D eigenvalue weighted by Crippen LogP contribution is 2.33. The summed E-state index contributed by atoms with van der Waals surface area (Å²) in [5.74, 6) is 2.13. The van der Waals surface area contributed by atoms with Gasteiger partial charge in [-0.3, -0.25) is 4.57 Å². The van der Waals surface area contributed by atoms with Gasteiger partial charge in [0.15, 0.2) is 11.0 Å². The Balaban J connectivity index is 1.43. The summed E-state index contributed by atoms with van der Waals surface area (Å²) in [6.07, 6.45) is 0. The van der Waals surface area contributed by atoms with Crippen molar-refractivity contribution in [3.05, 3.63) is 100 Å². The van der Waals surface area contributed by atoms with Gasteiger partial charge in [0.05, 0.1) is 17.3 Å². The molecule has 0 N–H and O–H groups in total. The number of hydrogen-bond donors (Lipinski definition) is 0. The van der Waals surface area contributed by atoms with Crippen molar-refractivity contribution in [3.63, 3.8) is 0 Å². The molecule has 0 aliphatic heterocycles. The third-order valence-corrected chi connectivity index (χ3v) is 6.38. The van der Waals surface area contributed by atoms with Crippen molar-refractivity contribution in [3.8, 4) is 22.8 Å². The predicted octanol–water partition coefficient (Wildman–Crippen LogP) is 6.64. The molecule has 3 aromatic carbocycles. The molecule has 2 heterocycles. The maximum atomic E-state index is 6.48. The normalized spacial score (nSPS) is 11.1. The number of rotatable bonds is 7. The summed E-state index contributed by atoms with van der Waals surface area (Å²) in [7, 11) is 0. The minimum absolute atomic E-state index is 0.459. The maximum absolute atomic E-state index is 6.48. The summed E-state index contributed by atoms with van der Waals surface area (Å²) in [5, 5.41) is 19.0. The van der Waals surface area contributed by atoms with Crippen molar-refractivity contribution < 1.29 is 4.42 Å². The van der Waals surface area contributed by atoms with Gasteiger partial charge in [0, 0.05) is 16.1 Å². The molecule has 0 amide bonds. The molecule has 6 nitrogen and oxygen atoms in total. The van der Waals surface area contributed by atoms with Crippen LogP contribution >= 0.6 is 35.0 Å². The second kappa shape index (κ2) is 9.79. The molecule has 0 saturated carbocycles. The molecule has 0 aliphatic rings. The quantitative estimate of drug-likeness (QED) is 0.236. The molecule has 2 aromatic heterocycles. The third-order valence-electron chi connectivity index (χ3n) is 4.88. The molecule has 0 unspecified atom stereocenters. The molecule has 0 saturated heterocycles.